The van der Waals surface area contributed by atoms with Gasteiger partial charge in [-0.3, -0.25) is 4.79 Å². The number of aromatic nitrogens is 3. The van der Waals surface area contributed by atoms with Crippen LogP contribution in [-0.4, -0.2) is 45.6 Å². The van der Waals surface area contributed by atoms with Gasteiger partial charge in [0.1, 0.15) is 17.6 Å². The van der Waals surface area contributed by atoms with Gasteiger partial charge >= 0.3 is 0 Å². The van der Waals surface area contributed by atoms with Crippen molar-refractivity contribution < 1.29 is 9.53 Å². The summed E-state index contributed by atoms with van der Waals surface area (Å²) in [5.41, 5.74) is 11.6. The quantitative estimate of drug-likeness (QED) is 0.471. The highest BCUT2D eigenvalue weighted by atomic mass is 32.1. The van der Waals surface area contributed by atoms with Crippen molar-refractivity contribution in [2.45, 2.75) is 26.2 Å². The first kappa shape index (κ1) is 20.5. The summed E-state index contributed by atoms with van der Waals surface area (Å²) in [4.78, 5) is 19.3. The van der Waals surface area contributed by atoms with Crippen LogP contribution in [0.25, 0.3) is 26.0 Å². The van der Waals surface area contributed by atoms with E-state index in [-0.39, 0.29) is 11.8 Å². The fraction of sp³-hybridized carbons (Fsp3) is 0.292. The van der Waals surface area contributed by atoms with Crippen LogP contribution in [0, 0.1) is 13.8 Å². The van der Waals surface area contributed by atoms with Gasteiger partial charge in [0, 0.05) is 40.5 Å². The Balaban J connectivity index is 1.70. The van der Waals surface area contributed by atoms with Crippen LogP contribution in [0.3, 0.4) is 0 Å². The molecular weight excluding hydrogens is 422 g/mol. The number of methoxy groups -OCH3 is 1. The number of nitrogens with two attached hydrogens (primary N) is 1. The number of thiophene rings is 1. The number of ether oxygens (including phenoxy) is 1. The molecule has 4 heterocycles. The maximum atomic E-state index is 12.1. The zero-order valence-corrected chi connectivity index (χ0v) is 19.2. The van der Waals surface area contributed by atoms with Gasteiger partial charge in [0.2, 0.25) is 5.91 Å². The normalized spacial score (nSPS) is 16.2. The SMILES string of the molecule is C=CC(=O)N1CC[C@H](c2cc(-c3sc4c(OC)cc(C)cc4c3C)c3c(N)ncnn23)C1. The number of anilines is 1. The lowest BCUT2D eigenvalue weighted by molar-refractivity contribution is -0.125. The number of aryl methyl sites for hydroxylation is 2. The summed E-state index contributed by atoms with van der Waals surface area (Å²) in [6, 6.07) is 6.43. The summed E-state index contributed by atoms with van der Waals surface area (Å²) in [5, 5.41) is 5.72. The Bertz CT molecular complexity index is 1390. The second kappa shape index (κ2) is 7.63. The Kier molecular flexibility index (Phi) is 4.89. The number of carbonyl (C=O) groups is 1. The molecule has 4 aromatic rings. The van der Waals surface area contributed by atoms with Gasteiger partial charge in [-0.2, -0.15) is 5.10 Å². The molecule has 164 valence electrons. The van der Waals surface area contributed by atoms with E-state index in [4.69, 9.17) is 10.5 Å². The Hall–Kier alpha value is -3.39. The van der Waals surface area contributed by atoms with Crippen molar-refractivity contribution >= 4 is 38.7 Å². The summed E-state index contributed by atoms with van der Waals surface area (Å²) < 4.78 is 8.68. The van der Waals surface area contributed by atoms with E-state index in [9.17, 15) is 4.79 Å². The summed E-state index contributed by atoms with van der Waals surface area (Å²) >= 11 is 1.70. The molecular formula is C24H25N5O2S. The van der Waals surface area contributed by atoms with E-state index >= 15 is 0 Å². The van der Waals surface area contributed by atoms with Gasteiger partial charge in [-0.05, 0) is 49.6 Å². The van der Waals surface area contributed by atoms with Gasteiger partial charge in [-0.25, -0.2) is 9.50 Å². The summed E-state index contributed by atoms with van der Waals surface area (Å²) in [7, 11) is 1.71. The Morgan fingerprint density at radius 3 is 2.91 bits per heavy atom. The standard InChI is InChI=1S/C24H25N5O2S/c1-5-20(30)28-7-6-15(11-28)18-10-17(21-24(25)26-12-27-29(18)21)22-14(3)16-8-13(2)9-19(31-4)23(16)32-22/h5,8-10,12,15H,1,6-7,11H2,2-4H3,(H2,25,26,27)/t15-/m0/s1. The van der Waals surface area contributed by atoms with Gasteiger partial charge in [0.15, 0.2) is 5.82 Å². The average molecular weight is 448 g/mol. The van der Waals surface area contributed by atoms with Gasteiger partial charge in [-0.15, -0.1) is 11.3 Å². The molecule has 1 aromatic carbocycles. The van der Waals surface area contributed by atoms with Crippen LogP contribution in [0.15, 0.2) is 37.2 Å². The molecule has 0 saturated carbocycles. The van der Waals surface area contributed by atoms with Crippen molar-refractivity contribution in [3.8, 4) is 16.2 Å². The molecule has 0 bridgehead atoms. The largest absolute Gasteiger partial charge is 0.495 e. The highest BCUT2D eigenvalue weighted by molar-refractivity contribution is 7.23. The van der Waals surface area contributed by atoms with E-state index in [1.54, 1.807) is 18.4 Å². The molecule has 1 aliphatic heterocycles. The van der Waals surface area contributed by atoms with E-state index < -0.39 is 0 Å². The van der Waals surface area contributed by atoms with Gasteiger partial charge in [-0.1, -0.05) is 12.6 Å². The average Bonchev–Trinajstić information content (AvgIpc) is 3.49. The highest BCUT2D eigenvalue weighted by Crippen LogP contribution is 2.46. The molecule has 2 N–H and O–H groups in total. The fourth-order valence-electron chi connectivity index (χ4n) is 4.72. The van der Waals surface area contributed by atoms with E-state index in [1.807, 2.05) is 9.42 Å². The van der Waals surface area contributed by atoms with E-state index in [0.29, 0.717) is 18.9 Å². The maximum Gasteiger partial charge on any atom is 0.245 e. The fourth-order valence-corrected chi connectivity index (χ4v) is 6.02. The predicted octanol–water partition coefficient (Wildman–Crippen LogP) is 4.32. The zero-order chi connectivity index (χ0) is 22.6. The second-order valence-corrected chi connectivity index (χ2v) is 9.28. The van der Waals surface area contributed by atoms with Crippen molar-refractivity contribution in [2.24, 2.45) is 0 Å². The first-order chi connectivity index (χ1) is 15.4. The lowest BCUT2D eigenvalue weighted by Crippen LogP contribution is -2.26. The number of nitrogens with zero attached hydrogens (tertiary/aromatic N) is 4. The monoisotopic (exact) mass is 447 g/mol. The third-order valence-corrected chi connectivity index (χ3v) is 7.67. The molecule has 1 saturated heterocycles. The van der Waals surface area contributed by atoms with Gasteiger partial charge in [0.05, 0.1) is 11.8 Å². The molecule has 7 nitrogen and oxygen atoms in total. The molecule has 0 aliphatic carbocycles. The Morgan fingerprint density at radius 2 is 2.16 bits per heavy atom. The molecule has 1 fully saturated rings. The molecule has 1 atom stereocenters. The number of amides is 1. The van der Waals surface area contributed by atoms with Crippen LogP contribution in [0.1, 0.15) is 29.2 Å². The molecule has 8 heteroatoms. The number of carbonyl (C=O) groups excluding carboxylic acids is 1. The molecule has 0 spiro atoms. The highest BCUT2D eigenvalue weighted by Gasteiger charge is 2.30. The van der Waals surface area contributed by atoms with Crippen LogP contribution < -0.4 is 10.5 Å². The number of rotatable bonds is 4. The zero-order valence-electron chi connectivity index (χ0n) is 18.4. The lowest BCUT2D eigenvalue weighted by Gasteiger charge is -2.14. The molecule has 0 radical (unpaired) electrons. The number of nitrogen functional groups attached to an aromatic ring is 1. The minimum atomic E-state index is -0.0365. The third-order valence-electron chi connectivity index (χ3n) is 6.32. The van der Waals surface area contributed by atoms with Crippen molar-refractivity contribution in [2.75, 3.05) is 25.9 Å². The molecule has 1 aliphatic rings. The Labute approximate surface area is 190 Å². The summed E-state index contributed by atoms with van der Waals surface area (Å²) in [5.74, 6) is 1.45. The minimum Gasteiger partial charge on any atom is -0.495 e. The number of hydrogen-bond donors (Lipinski definition) is 1. The number of hydrogen-bond acceptors (Lipinski definition) is 6. The van der Waals surface area contributed by atoms with Crippen molar-refractivity contribution in [3.05, 3.63) is 54.0 Å². The van der Waals surface area contributed by atoms with Gasteiger partial charge < -0.3 is 15.4 Å². The topological polar surface area (TPSA) is 85.8 Å². The van der Waals surface area contributed by atoms with E-state index in [1.165, 1.54) is 23.4 Å². The number of fused-ring (bicyclic) bond motifs is 2. The molecule has 32 heavy (non-hydrogen) atoms. The van der Waals surface area contributed by atoms with Gasteiger partial charge in [0.25, 0.3) is 0 Å². The maximum absolute atomic E-state index is 12.1. The minimum absolute atomic E-state index is 0.0365. The van der Waals surface area contributed by atoms with Crippen LogP contribution in [0.5, 0.6) is 5.75 Å². The van der Waals surface area contributed by atoms with Crippen molar-refractivity contribution in [1.29, 1.82) is 0 Å². The van der Waals surface area contributed by atoms with Crippen LogP contribution >= 0.6 is 11.3 Å². The van der Waals surface area contributed by atoms with Crippen molar-refractivity contribution in [3.63, 3.8) is 0 Å². The first-order valence-electron chi connectivity index (χ1n) is 10.5. The smallest absolute Gasteiger partial charge is 0.245 e. The summed E-state index contributed by atoms with van der Waals surface area (Å²) in [6.07, 6.45) is 3.73. The van der Waals surface area contributed by atoms with Crippen LogP contribution in [0.4, 0.5) is 5.82 Å². The molecule has 3 aromatic heterocycles. The van der Waals surface area contributed by atoms with Crippen LogP contribution in [0.2, 0.25) is 0 Å². The van der Waals surface area contributed by atoms with Crippen molar-refractivity contribution in [1.82, 2.24) is 19.5 Å². The van der Waals surface area contributed by atoms with E-state index in [0.717, 1.165) is 44.1 Å². The first-order valence-corrected chi connectivity index (χ1v) is 11.4. The van der Waals surface area contributed by atoms with Crippen LogP contribution in [-0.2, 0) is 4.79 Å². The summed E-state index contributed by atoms with van der Waals surface area (Å²) in [6.45, 7) is 9.17. The molecule has 1 amide bonds. The molecule has 5 rings (SSSR count). The number of likely N-dealkylation sites (tertiary alicyclic amines) is 1. The predicted molar refractivity (Wildman–Crippen MR) is 128 cm³/mol. The molecule has 0 unspecified atom stereocenters. The second-order valence-electron chi connectivity index (χ2n) is 8.26. The van der Waals surface area contributed by atoms with E-state index in [2.05, 4.69) is 48.7 Å². The third kappa shape index (κ3) is 3.05. The number of benzene rings is 1. The lowest BCUT2D eigenvalue weighted by atomic mass is 10.0. The Morgan fingerprint density at radius 1 is 1.34 bits per heavy atom.